The number of fused-ring (bicyclic) bond motifs is 1. The van der Waals surface area contributed by atoms with E-state index in [0.29, 0.717) is 17.2 Å². The van der Waals surface area contributed by atoms with E-state index in [2.05, 4.69) is 30.1 Å². The number of nitrogens with one attached hydrogen (secondary N) is 2. The minimum absolute atomic E-state index is 0.0287. The second-order valence-corrected chi connectivity index (χ2v) is 12.6. The summed E-state index contributed by atoms with van der Waals surface area (Å²) in [6.45, 7) is 2.00. The average molecular weight is 640 g/mol. The fourth-order valence-corrected chi connectivity index (χ4v) is 7.64. The maximum Gasteiger partial charge on any atom is 0.353 e. The predicted octanol–water partition coefficient (Wildman–Crippen LogP) is 0.0774. The van der Waals surface area contributed by atoms with E-state index in [9.17, 15) is 29.5 Å². The van der Waals surface area contributed by atoms with Crippen molar-refractivity contribution < 1.29 is 29.5 Å². The number of pyridine rings is 1. The van der Waals surface area contributed by atoms with E-state index in [1.807, 2.05) is 6.07 Å². The number of aromatic nitrogens is 3. The standard InChI is InChI=1S/C22H25N9O6S4/c1-9(24)17(32)28-22-27-16(30-41-22)13(29-37)18(33)26-14-19(34)31-15(21(35)36)12(8-39-20(14)31)40-11-3-2-5-25-10(11)7-38-6-4-23/h2-3,5,9,14,20,37H,4,6-8,23-24H2,1H3,(H,26,33)(H,35,36)(H,27,28,30,32)/b29-13-/t9-,14+,20+/m0/s1. The van der Waals surface area contributed by atoms with Crippen molar-refractivity contribution in [3.8, 4) is 0 Å². The van der Waals surface area contributed by atoms with Crippen LogP contribution in [0.15, 0.2) is 39.0 Å². The first kappa shape index (κ1) is 30.7. The minimum Gasteiger partial charge on any atom is -0.477 e. The average Bonchev–Trinajstić information content (AvgIpc) is 3.40. The molecule has 3 amide bonds. The first-order valence-electron chi connectivity index (χ1n) is 11.9. The molecule has 0 spiro atoms. The lowest BCUT2D eigenvalue weighted by Crippen LogP contribution is -2.71. The van der Waals surface area contributed by atoms with Crippen LogP contribution in [0.25, 0.3) is 0 Å². The van der Waals surface area contributed by atoms with Gasteiger partial charge in [0.25, 0.3) is 11.8 Å². The lowest BCUT2D eigenvalue weighted by Gasteiger charge is -2.49. The van der Waals surface area contributed by atoms with Gasteiger partial charge in [-0.1, -0.05) is 16.9 Å². The number of β-lactam (4-membered cyclic amide) rings is 1. The minimum atomic E-state index is -1.27. The highest BCUT2D eigenvalue weighted by atomic mass is 32.2. The highest BCUT2D eigenvalue weighted by molar-refractivity contribution is 8.06. The van der Waals surface area contributed by atoms with Gasteiger partial charge in [-0.3, -0.25) is 29.6 Å². The van der Waals surface area contributed by atoms with Gasteiger partial charge in [0.05, 0.1) is 11.7 Å². The summed E-state index contributed by atoms with van der Waals surface area (Å²) in [6.07, 6.45) is 1.66. The van der Waals surface area contributed by atoms with Crippen LogP contribution in [-0.4, -0.2) is 94.5 Å². The van der Waals surface area contributed by atoms with Crippen LogP contribution in [0.2, 0.25) is 0 Å². The first-order chi connectivity index (χ1) is 19.7. The zero-order valence-electron chi connectivity index (χ0n) is 21.3. The molecule has 19 heteroatoms. The maximum atomic E-state index is 13.1. The lowest BCUT2D eigenvalue weighted by atomic mass is 10.0. The fourth-order valence-electron chi connectivity index (χ4n) is 3.67. The first-order valence-corrected chi connectivity index (χ1v) is 15.7. The number of anilines is 1. The highest BCUT2D eigenvalue weighted by Crippen LogP contribution is 2.45. The van der Waals surface area contributed by atoms with Crippen molar-refractivity contribution in [2.24, 2.45) is 16.6 Å². The topological polar surface area (TPSA) is 239 Å². The molecular formula is C22H25N9O6S4. The van der Waals surface area contributed by atoms with Crippen LogP contribution in [0.5, 0.6) is 0 Å². The van der Waals surface area contributed by atoms with Crippen molar-refractivity contribution in [3.63, 3.8) is 0 Å². The molecular weight excluding hydrogens is 615 g/mol. The number of nitrogens with zero attached hydrogens (tertiary/aromatic N) is 5. The molecule has 2 aliphatic rings. The maximum absolute atomic E-state index is 13.1. The number of hydrogen-bond donors (Lipinski definition) is 6. The number of carboxylic acid groups (broad SMARTS) is 1. The fraction of sp³-hybridized carbons (Fsp3) is 0.364. The molecule has 4 rings (SSSR count). The van der Waals surface area contributed by atoms with Crippen LogP contribution in [0, 0.1) is 0 Å². The molecule has 1 saturated heterocycles. The molecule has 8 N–H and O–H groups in total. The van der Waals surface area contributed by atoms with E-state index >= 15 is 0 Å². The molecule has 2 aromatic rings. The number of carbonyl (C=O) groups excluding carboxylic acids is 3. The Kier molecular flexibility index (Phi) is 10.2. The van der Waals surface area contributed by atoms with E-state index in [0.717, 1.165) is 32.8 Å². The molecule has 0 aromatic carbocycles. The van der Waals surface area contributed by atoms with Crippen LogP contribution < -0.4 is 22.1 Å². The third kappa shape index (κ3) is 6.81. The second kappa shape index (κ2) is 13.6. The van der Waals surface area contributed by atoms with Gasteiger partial charge in [-0.15, -0.1) is 11.8 Å². The number of hydrogen-bond acceptors (Lipinski definition) is 15. The van der Waals surface area contributed by atoms with Crippen molar-refractivity contribution in [2.45, 2.75) is 35.0 Å². The Morgan fingerprint density at radius 3 is 2.83 bits per heavy atom. The predicted molar refractivity (Wildman–Crippen MR) is 156 cm³/mol. The normalized spacial score (nSPS) is 19.3. The van der Waals surface area contributed by atoms with E-state index in [-0.39, 0.29) is 22.4 Å². The summed E-state index contributed by atoms with van der Waals surface area (Å²) in [4.78, 5) is 60.8. The molecule has 2 aromatic heterocycles. The number of carbonyl (C=O) groups is 4. The van der Waals surface area contributed by atoms with E-state index < -0.39 is 46.9 Å². The monoisotopic (exact) mass is 639 g/mol. The molecule has 218 valence electrons. The zero-order valence-corrected chi connectivity index (χ0v) is 24.6. The van der Waals surface area contributed by atoms with E-state index in [4.69, 9.17) is 11.5 Å². The van der Waals surface area contributed by atoms with Gasteiger partial charge in [0.1, 0.15) is 17.1 Å². The van der Waals surface area contributed by atoms with Crippen molar-refractivity contribution in [3.05, 3.63) is 40.5 Å². The zero-order chi connectivity index (χ0) is 29.7. The van der Waals surface area contributed by atoms with Gasteiger partial charge >= 0.3 is 5.97 Å². The Morgan fingerprint density at radius 1 is 1.37 bits per heavy atom. The SMILES string of the molecule is C[C@H](N)C(=O)Nc1nc(/C(=N/O)C(=O)N[C@@H]2C(=O)N3C(C(=O)O)=C(Sc4cccnc4CSCCN)CS[C@H]23)ns1. The Hall–Kier alpha value is -3.23. The van der Waals surface area contributed by atoms with Crippen LogP contribution >= 0.6 is 46.8 Å². The summed E-state index contributed by atoms with van der Waals surface area (Å²) < 4.78 is 3.91. The van der Waals surface area contributed by atoms with Gasteiger partial charge in [0, 0.05) is 51.3 Å². The second-order valence-electron chi connectivity index (χ2n) is 8.48. The van der Waals surface area contributed by atoms with Crippen LogP contribution in [0.4, 0.5) is 5.13 Å². The van der Waals surface area contributed by atoms with Crippen LogP contribution in [-0.2, 0) is 24.9 Å². The lowest BCUT2D eigenvalue weighted by molar-refractivity contribution is -0.150. The molecule has 0 aliphatic carbocycles. The van der Waals surface area contributed by atoms with Gasteiger partial charge in [0.2, 0.25) is 22.6 Å². The highest BCUT2D eigenvalue weighted by Gasteiger charge is 2.54. The van der Waals surface area contributed by atoms with Gasteiger partial charge in [0.15, 0.2) is 0 Å². The number of carboxylic acids is 1. The van der Waals surface area contributed by atoms with Crippen molar-refractivity contribution in [1.29, 1.82) is 0 Å². The molecule has 3 atom stereocenters. The quantitative estimate of drug-likeness (QED) is 0.0593. The molecule has 0 unspecified atom stereocenters. The number of oxime groups is 1. The summed E-state index contributed by atoms with van der Waals surface area (Å²) in [5.74, 6) is -2.04. The molecule has 0 bridgehead atoms. The summed E-state index contributed by atoms with van der Waals surface area (Å²) in [5.41, 5.74) is 11.1. The van der Waals surface area contributed by atoms with Crippen LogP contribution in [0.1, 0.15) is 18.4 Å². The van der Waals surface area contributed by atoms with Crippen molar-refractivity contribution in [1.82, 2.24) is 24.6 Å². The molecule has 0 radical (unpaired) electrons. The Labute approximate surface area is 250 Å². The number of nitrogens with two attached hydrogens (primary N) is 2. The van der Waals surface area contributed by atoms with Gasteiger partial charge in [-0.05, 0) is 19.1 Å². The molecule has 0 saturated carbocycles. The smallest absolute Gasteiger partial charge is 0.353 e. The van der Waals surface area contributed by atoms with Crippen molar-refractivity contribution >= 4 is 81.4 Å². The van der Waals surface area contributed by atoms with Crippen molar-refractivity contribution in [2.75, 3.05) is 23.4 Å². The van der Waals surface area contributed by atoms with Crippen LogP contribution in [0.3, 0.4) is 0 Å². The van der Waals surface area contributed by atoms with Gasteiger partial charge in [-0.25, -0.2) is 4.79 Å². The van der Waals surface area contributed by atoms with E-state index in [1.54, 1.807) is 24.0 Å². The molecule has 41 heavy (non-hydrogen) atoms. The largest absolute Gasteiger partial charge is 0.477 e. The summed E-state index contributed by atoms with van der Waals surface area (Å²) in [7, 11) is 0. The van der Waals surface area contributed by atoms with Gasteiger partial charge < -0.3 is 27.1 Å². The molecule has 4 heterocycles. The Bertz CT molecular complexity index is 1420. The van der Waals surface area contributed by atoms with Gasteiger partial charge in [-0.2, -0.15) is 21.1 Å². The number of thioether (sulfide) groups is 3. The molecule has 1 fully saturated rings. The number of rotatable bonds is 12. The summed E-state index contributed by atoms with van der Waals surface area (Å²) >= 11 is 4.88. The summed E-state index contributed by atoms with van der Waals surface area (Å²) in [5, 5.41) is 26.6. The third-order valence-electron chi connectivity index (χ3n) is 5.60. The Balaban J connectivity index is 1.47. The number of amides is 3. The van der Waals surface area contributed by atoms with E-state index in [1.165, 1.54) is 30.4 Å². The third-order valence-corrected chi connectivity index (χ3v) is 9.87. The Morgan fingerprint density at radius 2 is 2.15 bits per heavy atom. The summed E-state index contributed by atoms with van der Waals surface area (Å²) in [6, 6.07) is 1.71. The molecule has 2 aliphatic heterocycles. The molecule has 15 nitrogen and oxygen atoms in total. The number of aliphatic carboxylic acids is 1.